The third-order valence-corrected chi connectivity index (χ3v) is 3.57. The van der Waals surface area contributed by atoms with Crippen molar-refractivity contribution in [2.75, 3.05) is 5.73 Å². The van der Waals surface area contributed by atoms with E-state index in [-0.39, 0.29) is 28.8 Å². The van der Waals surface area contributed by atoms with Crippen LogP contribution in [0.3, 0.4) is 0 Å². The van der Waals surface area contributed by atoms with Gasteiger partial charge in [-0.05, 0) is 33.6 Å². The lowest BCUT2D eigenvalue weighted by Gasteiger charge is -2.09. The number of ether oxygens (including phenoxy) is 1. The zero-order chi connectivity index (χ0) is 15.6. The van der Waals surface area contributed by atoms with Crippen molar-refractivity contribution in [2.45, 2.75) is 6.61 Å². The van der Waals surface area contributed by atoms with Crippen molar-refractivity contribution < 1.29 is 14.1 Å². The van der Waals surface area contributed by atoms with Crippen molar-refractivity contribution in [1.82, 2.24) is 0 Å². The van der Waals surface area contributed by atoms with E-state index in [1.54, 1.807) is 6.07 Å². The van der Waals surface area contributed by atoms with Crippen LogP contribution in [0.15, 0.2) is 34.8 Å². The van der Waals surface area contributed by atoms with Crippen LogP contribution in [0.5, 0.6) is 5.75 Å². The number of rotatable bonds is 4. The van der Waals surface area contributed by atoms with Crippen LogP contribution in [0.4, 0.5) is 15.8 Å². The molecule has 0 saturated heterocycles. The molecular weight excluding hydrogens is 367 g/mol. The van der Waals surface area contributed by atoms with E-state index in [4.69, 9.17) is 22.1 Å². The van der Waals surface area contributed by atoms with Crippen molar-refractivity contribution in [2.24, 2.45) is 0 Å². The van der Waals surface area contributed by atoms with Gasteiger partial charge in [0.05, 0.1) is 14.4 Å². The quantitative estimate of drug-likeness (QED) is 0.374. The van der Waals surface area contributed by atoms with Crippen LogP contribution in [-0.4, -0.2) is 4.92 Å². The standard InChI is InChI=1S/C13H9BrClFN2O3/c14-8-4-9(15)10(16)5-13(8)21-6-7-1-2-11(17)12(3-7)18(19)20/h1-5H,6,17H2. The SMILES string of the molecule is Nc1ccc(COc2cc(F)c(Cl)cc2Br)cc1[N+](=O)[O-]. The number of nitrogen functional groups attached to an aromatic ring is 1. The second kappa shape index (κ2) is 6.28. The lowest BCUT2D eigenvalue weighted by atomic mass is 10.2. The highest BCUT2D eigenvalue weighted by Gasteiger charge is 2.13. The van der Waals surface area contributed by atoms with Gasteiger partial charge in [-0.1, -0.05) is 17.7 Å². The first-order valence-electron chi connectivity index (χ1n) is 5.68. The molecule has 110 valence electrons. The van der Waals surface area contributed by atoms with Gasteiger partial charge in [0.1, 0.15) is 23.9 Å². The Balaban J connectivity index is 2.19. The van der Waals surface area contributed by atoms with Gasteiger partial charge in [0.25, 0.3) is 5.69 Å². The number of nitrogens with two attached hydrogens (primary N) is 1. The third kappa shape index (κ3) is 3.62. The fraction of sp³-hybridized carbons (Fsp3) is 0.0769. The molecule has 0 aliphatic carbocycles. The number of nitro benzene ring substituents is 1. The highest BCUT2D eigenvalue weighted by atomic mass is 79.9. The van der Waals surface area contributed by atoms with E-state index in [9.17, 15) is 14.5 Å². The number of benzene rings is 2. The molecule has 0 amide bonds. The predicted molar refractivity (Wildman–Crippen MR) is 81.0 cm³/mol. The molecule has 8 heteroatoms. The summed E-state index contributed by atoms with van der Waals surface area (Å²) < 4.78 is 19.3. The molecule has 0 aliphatic heterocycles. The Kier molecular flexibility index (Phi) is 4.64. The fourth-order valence-electron chi connectivity index (χ4n) is 1.61. The average Bonchev–Trinajstić information content (AvgIpc) is 2.42. The molecule has 21 heavy (non-hydrogen) atoms. The van der Waals surface area contributed by atoms with Crippen LogP contribution in [0.1, 0.15) is 5.56 Å². The second-order valence-electron chi connectivity index (χ2n) is 4.14. The highest BCUT2D eigenvalue weighted by Crippen LogP contribution is 2.31. The van der Waals surface area contributed by atoms with Gasteiger partial charge in [0.15, 0.2) is 0 Å². The molecule has 5 nitrogen and oxygen atoms in total. The summed E-state index contributed by atoms with van der Waals surface area (Å²) in [6.07, 6.45) is 0. The molecule has 0 radical (unpaired) electrons. The molecule has 0 aliphatic rings. The second-order valence-corrected chi connectivity index (χ2v) is 5.40. The largest absolute Gasteiger partial charge is 0.488 e. The molecule has 2 rings (SSSR count). The Labute approximate surface area is 132 Å². The molecule has 2 aromatic rings. The molecule has 0 heterocycles. The topological polar surface area (TPSA) is 78.4 Å². The van der Waals surface area contributed by atoms with Gasteiger partial charge in [-0.25, -0.2) is 4.39 Å². The van der Waals surface area contributed by atoms with Crippen molar-refractivity contribution in [3.05, 3.63) is 61.3 Å². The van der Waals surface area contributed by atoms with Crippen LogP contribution in [0, 0.1) is 15.9 Å². The third-order valence-electron chi connectivity index (χ3n) is 2.66. The summed E-state index contributed by atoms with van der Waals surface area (Å²) in [4.78, 5) is 10.2. The van der Waals surface area contributed by atoms with Crippen molar-refractivity contribution in [3.63, 3.8) is 0 Å². The summed E-state index contributed by atoms with van der Waals surface area (Å²) in [5.41, 5.74) is 5.92. The molecule has 0 saturated carbocycles. The molecule has 0 bridgehead atoms. The lowest BCUT2D eigenvalue weighted by molar-refractivity contribution is -0.384. The van der Waals surface area contributed by atoms with E-state index in [0.29, 0.717) is 10.0 Å². The molecule has 0 fully saturated rings. The molecular formula is C13H9BrClFN2O3. The Hall–Kier alpha value is -1.86. The summed E-state index contributed by atoms with van der Waals surface area (Å²) in [6.45, 7) is 0.0286. The first-order chi connectivity index (χ1) is 9.88. The van der Waals surface area contributed by atoms with E-state index >= 15 is 0 Å². The number of nitro groups is 1. The van der Waals surface area contributed by atoms with Crippen molar-refractivity contribution in [1.29, 1.82) is 0 Å². The number of hydrogen-bond donors (Lipinski definition) is 1. The molecule has 0 atom stereocenters. The first-order valence-corrected chi connectivity index (χ1v) is 6.85. The minimum atomic E-state index is -0.613. The molecule has 0 spiro atoms. The fourth-order valence-corrected chi connectivity index (χ4v) is 2.37. The smallest absolute Gasteiger partial charge is 0.292 e. The van der Waals surface area contributed by atoms with Gasteiger partial charge in [0, 0.05) is 12.1 Å². The van der Waals surface area contributed by atoms with Crippen molar-refractivity contribution >= 4 is 38.9 Å². The number of hydrogen-bond acceptors (Lipinski definition) is 4. The summed E-state index contributed by atoms with van der Waals surface area (Å²) in [5, 5.41) is 10.8. The van der Waals surface area contributed by atoms with Crippen LogP contribution < -0.4 is 10.5 Å². The molecule has 0 unspecified atom stereocenters. The Bertz CT molecular complexity index is 712. The Morgan fingerprint density at radius 2 is 2.10 bits per heavy atom. The average molecular weight is 376 g/mol. The summed E-state index contributed by atoms with van der Waals surface area (Å²) >= 11 is 8.83. The summed E-state index contributed by atoms with van der Waals surface area (Å²) in [6, 6.07) is 6.85. The number of anilines is 1. The maximum atomic E-state index is 13.4. The highest BCUT2D eigenvalue weighted by molar-refractivity contribution is 9.10. The van der Waals surface area contributed by atoms with Gasteiger partial charge < -0.3 is 10.5 Å². The normalized spacial score (nSPS) is 10.4. The predicted octanol–water partition coefficient (Wildman–Crippen LogP) is 4.31. The van der Waals surface area contributed by atoms with Crippen molar-refractivity contribution in [3.8, 4) is 5.75 Å². The zero-order valence-electron chi connectivity index (χ0n) is 10.5. The summed E-state index contributed by atoms with van der Waals surface area (Å²) in [5.74, 6) is -0.366. The Morgan fingerprint density at radius 1 is 1.38 bits per heavy atom. The van der Waals surface area contributed by atoms with E-state index in [1.807, 2.05) is 0 Å². The van der Waals surface area contributed by atoms with E-state index < -0.39 is 10.7 Å². The van der Waals surface area contributed by atoms with Crippen LogP contribution >= 0.6 is 27.5 Å². The van der Waals surface area contributed by atoms with Gasteiger partial charge in [-0.2, -0.15) is 0 Å². The monoisotopic (exact) mass is 374 g/mol. The van der Waals surface area contributed by atoms with Gasteiger partial charge in [-0.3, -0.25) is 10.1 Å². The van der Waals surface area contributed by atoms with Crippen LogP contribution in [0.25, 0.3) is 0 Å². The Morgan fingerprint density at radius 3 is 2.76 bits per heavy atom. The lowest BCUT2D eigenvalue weighted by Crippen LogP contribution is -2.00. The first kappa shape index (κ1) is 15.5. The van der Waals surface area contributed by atoms with E-state index in [1.165, 1.54) is 18.2 Å². The van der Waals surface area contributed by atoms with E-state index in [0.717, 1.165) is 6.07 Å². The van der Waals surface area contributed by atoms with Gasteiger partial charge >= 0.3 is 0 Å². The maximum Gasteiger partial charge on any atom is 0.292 e. The van der Waals surface area contributed by atoms with Gasteiger partial charge in [-0.15, -0.1) is 0 Å². The number of nitrogens with zero attached hydrogens (tertiary/aromatic N) is 1. The summed E-state index contributed by atoms with van der Waals surface area (Å²) in [7, 11) is 0. The van der Waals surface area contributed by atoms with E-state index in [2.05, 4.69) is 15.9 Å². The number of halogens is 3. The van der Waals surface area contributed by atoms with Crippen LogP contribution in [-0.2, 0) is 6.61 Å². The molecule has 0 aromatic heterocycles. The minimum Gasteiger partial charge on any atom is -0.488 e. The maximum absolute atomic E-state index is 13.4. The zero-order valence-corrected chi connectivity index (χ0v) is 12.8. The van der Waals surface area contributed by atoms with Gasteiger partial charge in [0.2, 0.25) is 0 Å². The van der Waals surface area contributed by atoms with Crippen LogP contribution in [0.2, 0.25) is 5.02 Å². The minimum absolute atomic E-state index is 0.0286. The molecule has 2 aromatic carbocycles. The molecule has 2 N–H and O–H groups in total.